The molecule has 1 N–H and O–H groups in total. The molecule has 0 aliphatic rings. The van der Waals surface area contributed by atoms with Gasteiger partial charge in [-0.05, 0) is 31.2 Å². The van der Waals surface area contributed by atoms with E-state index in [0.717, 1.165) is 22.5 Å². The normalized spacial score (nSPS) is 10.5. The van der Waals surface area contributed by atoms with Crippen LogP contribution in [0.3, 0.4) is 0 Å². The van der Waals surface area contributed by atoms with Gasteiger partial charge in [0.25, 0.3) is 5.89 Å². The number of anilines is 1. The number of carbonyl (C=O) groups excluding carboxylic acids is 1. The monoisotopic (exact) mass is 294 g/mol. The first-order valence-electron chi connectivity index (χ1n) is 6.76. The Kier molecular flexibility index (Phi) is 3.65. The molecule has 3 rings (SSSR count). The van der Waals surface area contributed by atoms with Crippen LogP contribution in [0.1, 0.15) is 12.7 Å². The summed E-state index contributed by atoms with van der Waals surface area (Å²) in [5.41, 5.74) is 3.22. The molecule has 6 nitrogen and oxygen atoms in total. The van der Waals surface area contributed by atoms with E-state index < -0.39 is 0 Å². The van der Waals surface area contributed by atoms with Crippen molar-refractivity contribution in [2.45, 2.75) is 13.8 Å². The fraction of sp³-hybridized carbons (Fsp3) is 0.125. The number of amides is 1. The number of pyridine rings is 1. The molecule has 0 saturated carbocycles. The quantitative estimate of drug-likeness (QED) is 0.803. The van der Waals surface area contributed by atoms with Crippen molar-refractivity contribution in [1.29, 1.82) is 0 Å². The minimum absolute atomic E-state index is 0.104. The first kappa shape index (κ1) is 13.9. The van der Waals surface area contributed by atoms with Crippen molar-refractivity contribution in [3.05, 3.63) is 48.4 Å². The first-order valence-corrected chi connectivity index (χ1v) is 6.76. The predicted molar refractivity (Wildman–Crippen MR) is 82.0 cm³/mol. The molecule has 0 atom stereocenters. The van der Waals surface area contributed by atoms with Crippen molar-refractivity contribution < 1.29 is 9.32 Å². The molecule has 3 aromatic rings. The molecule has 0 unspecified atom stereocenters. The summed E-state index contributed by atoms with van der Waals surface area (Å²) in [4.78, 5) is 19.7. The zero-order valence-corrected chi connectivity index (χ0v) is 12.2. The lowest BCUT2D eigenvalue weighted by Gasteiger charge is -2.05. The van der Waals surface area contributed by atoms with Crippen molar-refractivity contribution in [2.24, 2.45) is 0 Å². The lowest BCUT2D eigenvalue weighted by Crippen LogP contribution is -2.05. The summed E-state index contributed by atoms with van der Waals surface area (Å²) in [7, 11) is 0. The number of aromatic nitrogens is 3. The van der Waals surface area contributed by atoms with Crippen LogP contribution in [0.15, 0.2) is 47.1 Å². The van der Waals surface area contributed by atoms with Crippen molar-refractivity contribution in [2.75, 3.05) is 5.32 Å². The van der Waals surface area contributed by atoms with Gasteiger partial charge in [0, 0.05) is 24.4 Å². The molecule has 0 bridgehead atoms. The van der Waals surface area contributed by atoms with Crippen LogP contribution in [-0.4, -0.2) is 21.0 Å². The number of benzene rings is 1. The Morgan fingerprint density at radius 1 is 1.18 bits per heavy atom. The van der Waals surface area contributed by atoms with Crippen LogP contribution in [0.5, 0.6) is 0 Å². The standard InChI is InChI=1S/C16H14N4O2/c1-10-18-16(22-20-10)13-6-7-15(17-9-13)12-4-3-5-14(8-12)19-11(2)21/h3-9H,1-2H3,(H,19,21). The van der Waals surface area contributed by atoms with Gasteiger partial charge in [-0.1, -0.05) is 17.3 Å². The third-order valence-corrected chi connectivity index (χ3v) is 3.02. The molecule has 2 aromatic heterocycles. The lowest BCUT2D eigenvalue weighted by molar-refractivity contribution is -0.114. The summed E-state index contributed by atoms with van der Waals surface area (Å²) in [5, 5.41) is 6.51. The van der Waals surface area contributed by atoms with Gasteiger partial charge in [0.05, 0.1) is 11.3 Å². The maximum Gasteiger partial charge on any atom is 0.259 e. The van der Waals surface area contributed by atoms with E-state index in [4.69, 9.17) is 4.52 Å². The molecule has 2 heterocycles. The Morgan fingerprint density at radius 2 is 2.05 bits per heavy atom. The van der Waals surface area contributed by atoms with E-state index in [2.05, 4.69) is 20.4 Å². The Morgan fingerprint density at radius 3 is 2.68 bits per heavy atom. The van der Waals surface area contributed by atoms with Crippen LogP contribution in [-0.2, 0) is 4.79 Å². The zero-order chi connectivity index (χ0) is 15.5. The summed E-state index contributed by atoms with van der Waals surface area (Å²) < 4.78 is 5.11. The number of hydrogen-bond donors (Lipinski definition) is 1. The van der Waals surface area contributed by atoms with Crippen LogP contribution in [0.2, 0.25) is 0 Å². The molecule has 0 radical (unpaired) electrons. The number of nitrogens with zero attached hydrogens (tertiary/aromatic N) is 3. The first-order chi connectivity index (χ1) is 10.6. The van der Waals surface area contributed by atoms with E-state index >= 15 is 0 Å². The van der Waals surface area contributed by atoms with Crippen LogP contribution in [0, 0.1) is 6.92 Å². The van der Waals surface area contributed by atoms with E-state index in [-0.39, 0.29) is 5.91 Å². The van der Waals surface area contributed by atoms with Crippen LogP contribution in [0.25, 0.3) is 22.7 Å². The van der Waals surface area contributed by atoms with Gasteiger partial charge >= 0.3 is 0 Å². The fourth-order valence-electron chi connectivity index (χ4n) is 2.07. The molecule has 0 aliphatic carbocycles. The van der Waals surface area contributed by atoms with Gasteiger partial charge in [-0.3, -0.25) is 9.78 Å². The number of nitrogens with one attached hydrogen (secondary N) is 1. The Balaban J connectivity index is 1.88. The van der Waals surface area contributed by atoms with Crippen molar-refractivity contribution in [3.63, 3.8) is 0 Å². The highest BCUT2D eigenvalue weighted by Gasteiger charge is 2.08. The van der Waals surface area contributed by atoms with Crippen LogP contribution < -0.4 is 5.32 Å². The van der Waals surface area contributed by atoms with Gasteiger partial charge in [-0.2, -0.15) is 4.98 Å². The van der Waals surface area contributed by atoms with Gasteiger partial charge in [-0.15, -0.1) is 0 Å². The van der Waals surface area contributed by atoms with Gasteiger partial charge in [-0.25, -0.2) is 0 Å². The highest BCUT2D eigenvalue weighted by Crippen LogP contribution is 2.23. The molecule has 1 aromatic carbocycles. The number of rotatable bonds is 3. The second kappa shape index (κ2) is 5.77. The molecule has 0 fully saturated rings. The molecule has 110 valence electrons. The minimum atomic E-state index is -0.104. The summed E-state index contributed by atoms with van der Waals surface area (Å²) in [6.45, 7) is 3.24. The van der Waals surface area contributed by atoms with E-state index in [1.54, 1.807) is 13.1 Å². The maximum absolute atomic E-state index is 11.1. The highest BCUT2D eigenvalue weighted by molar-refractivity contribution is 5.89. The second-order valence-electron chi connectivity index (χ2n) is 4.84. The number of carbonyl (C=O) groups is 1. The molecule has 0 spiro atoms. The van der Waals surface area contributed by atoms with E-state index in [1.165, 1.54) is 6.92 Å². The van der Waals surface area contributed by atoms with Crippen molar-refractivity contribution in [1.82, 2.24) is 15.1 Å². The van der Waals surface area contributed by atoms with Crippen molar-refractivity contribution in [3.8, 4) is 22.7 Å². The van der Waals surface area contributed by atoms with Gasteiger partial charge in [0.15, 0.2) is 5.82 Å². The highest BCUT2D eigenvalue weighted by atomic mass is 16.5. The van der Waals surface area contributed by atoms with Crippen molar-refractivity contribution >= 4 is 11.6 Å². The Labute approximate surface area is 127 Å². The molecule has 6 heteroatoms. The van der Waals surface area contributed by atoms with Gasteiger partial charge < -0.3 is 9.84 Å². The Bertz CT molecular complexity index is 809. The summed E-state index contributed by atoms with van der Waals surface area (Å²) in [5.74, 6) is 0.929. The molecule has 0 aliphatic heterocycles. The topological polar surface area (TPSA) is 80.9 Å². The largest absolute Gasteiger partial charge is 0.334 e. The second-order valence-corrected chi connectivity index (χ2v) is 4.84. The van der Waals surface area contributed by atoms with Crippen LogP contribution >= 0.6 is 0 Å². The summed E-state index contributed by atoms with van der Waals surface area (Å²) >= 11 is 0. The fourth-order valence-corrected chi connectivity index (χ4v) is 2.07. The van der Waals surface area contributed by atoms with E-state index in [1.807, 2.05) is 36.4 Å². The molecule has 22 heavy (non-hydrogen) atoms. The molecule has 0 saturated heterocycles. The molecular weight excluding hydrogens is 280 g/mol. The predicted octanol–water partition coefficient (Wildman–Crippen LogP) is 3.07. The zero-order valence-electron chi connectivity index (χ0n) is 12.2. The third kappa shape index (κ3) is 3.01. The minimum Gasteiger partial charge on any atom is -0.334 e. The maximum atomic E-state index is 11.1. The smallest absolute Gasteiger partial charge is 0.259 e. The van der Waals surface area contributed by atoms with E-state index in [9.17, 15) is 4.79 Å². The van der Waals surface area contributed by atoms with E-state index in [0.29, 0.717) is 11.7 Å². The summed E-state index contributed by atoms with van der Waals surface area (Å²) in [6.07, 6.45) is 1.69. The average Bonchev–Trinajstić information content (AvgIpc) is 2.94. The number of hydrogen-bond acceptors (Lipinski definition) is 5. The Hall–Kier alpha value is -3.02. The SMILES string of the molecule is CC(=O)Nc1cccc(-c2ccc(-c3nc(C)no3)cn2)c1. The van der Waals surface area contributed by atoms with Gasteiger partial charge in [0.2, 0.25) is 5.91 Å². The molecule has 1 amide bonds. The lowest BCUT2D eigenvalue weighted by atomic mass is 10.1. The molecular formula is C16H14N4O2. The summed E-state index contributed by atoms with van der Waals surface area (Å²) in [6, 6.07) is 11.3. The van der Waals surface area contributed by atoms with Gasteiger partial charge in [0.1, 0.15) is 0 Å². The van der Waals surface area contributed by atoms with Crippen LogP contribution in [0.4, 0.5) is 5.69 Å². The third-order valence-electron chi connectivity index (χ3n) is 3.02. The average molecular weight is 294 g/mol. The number of aryl methyl sites for hydroxylation is 1.